The number of hydrogen-bond acceptors (Lipinski definition) is 4. The number of hydrogen-bond donors (Lipinski definition) is 2. The van der Waals surface area contributed by atoms with Gasteiger partial charge in [-0.3, -0.25) is 9.98 Å². The van der Waals surface area contributed by atoms with E-state index in [0.717, 1.165) is 24.4 Å². The van der Waals surface area contributed by atoms with E-state index < -0.39 is 5.60 Å². The topological polar surface area (TPSA) is 78.9 Å². The van der Waals surface area contributed by atoms with Crippen molar-refractivity contribution < 1.29 is 9.53 Å². The van der Waals surface area contributed by atoms with Gasteiger partial charge in [0, 0.05) is 38.6 Å². The highest BCUT2D eigenvalue weighted by atomic mass is 127. The normalized spacial score (nSPS) is 12.6. The summed E-state index contributed by atoms with van der Waals surface area (Å²) in [4.78, 5) is 22.6. The molecular weight excluding hydrogens is 469 g/mol. The van der Waals surface area contributed by atoms with E-state index in [0.29, 0.717) is 25.7 Å². The fourth-order valence-electron chi connectivity index (χ4n) is 2.28. The molecule has 2 N–H and O–H groups in total. The van der Waals surface area contributed by atoms with E-state index >= 15 is 0 Å². The molecule has 0 spiro atoms. The van der Waals surface area contributed by atoms with Gasteiger partial charge in [-0.25, -0.2) is 4.79 Å². The monoisotopic (exact) mass is 505 g/mol. The minimum Gasteiger partial charge on any atom is -0.444 e. The minimum absolute atomic E-state index is 0. The highest BCUT2D eigenvalue weighted by molar-refractivity contribution is 14.0. The SMILES string of the molecule is CCC(C)NC(=NC)NCCCN(Cc1cccnc1)C(=O)OC(C)(C)C.I. The molecule has 1 unspecified atom stereocenters. The summed E-state index contributed by atoms with van der Waals surface area (Å²) >= 11 is 0. The van der Waals surface area contributed by atoms with Crippen molar-refractivity contribution in [3.63, 3.8) is 0 Å². The van der Waals surface area contributed by atoms with E-state index in [2.05, 4.69) is 34.5 Å². The lowest BCUT2D eigenvalue weighted by atomic mass is 10.2. The van der Waals surface area contributed by atoms with Crippen LogP contribution < -0.4 is 10.6 Å². The predicted molar refractivity (Wildman–Crippen MR) is 125 cm³/mol. The van der Waals surface area contributed by atoms with Gasteiger partial charge >= 0.3 is 6.09 Å². The zero-order valence-electron chi connectivity index (χ0n) is 18.0. The Hall–Kier alpha value is -1.58. The fraction of sp³-hybridized carbons (Fsp3) is 0.650. The number of nitrogens with one attached hydrogen (secondary N) is 2. The summed E-state index contributed by atoms with van der Waals surface area (Å²) < 4.78 is 5.55. The molecule has 0 aromatic carbocycles. The first-order valence-corrected chi connectivity index (χ1v) is 9.59. The molecule has 0 saturated heterocycles. The van der Waals surface area contributed by atoms with Crippen LogP contribution in [0.1, 0.15) is 53.0 Å². The fourth-order valence-corrected chi connectivity index (χ4v) is 2.28. The number of ether oxygens (including phenoxy) is 1. The molecule has 1 heterocycles. The lowest BCUT2D eigenvalue weighted by Crippen LogP contribution is -2.43. The lowest BCUT2D eigenvalue weighted by Gasteiger charge is -2.27. The largest absolute Gasteiger partial charge is 0.444 e. The number of carbonyl (C=O) groups excluding carboxylic acids is 1. The summed E-state index contributed by atoms with van der Waals surface area (Å²) in [5.41, 5.74) is 0.454. The van der Waals surface area contributed by atoms with Gasteiger partial charge in [0.25, 0.3) is 0 Å². The van der Waals surface area contributed by atoms with Crippen LogP contribution in [0.25, 0.3) is 0 Å². The quantitative estimate of drug-likeness (QED) is 0.243. The molecule has 8 heteroatoms. The number of rotatable bonds is 8. The first-order chi connectivity index (χ1) is 12.7. The van der Waals surface area contributed by atoms with Crippen LogP contribution in [-0.4, -0.2) is 53.7 Å². The maximum Gasteiger partial charge on any atom is 0.410 e. The van der Waals surface area contributed by atoms with Gasteiger partial charge in [0.2, 0.25) is 0 Å². The maximum atomic E-state index is 12.6. The zero-order chi connectivity index (χ0) is 20.3. The van der Waals surface area contributed by atoms with Gasteiger partial charge in [-0.2, -0.15) is 0 Å². The van der Waals surface area contributed by atoms with Crippen LogP contribution in [0.5, 0.6) is 0 Å². The molecule has 1 aromatic rings. The zero-order valence-corrected chi connectivity index (χ0v) is 20.3. The number of aromatic nitrogens is 1. The van der Waals surface area contributed by atoms with Crippen LogP contribution in [0.3, 0.4) is 0 Å². The molecule has 0 aliphatic carbocycles. The van der Waals surface area contributed by atoms with Gasteiger partial charge in [0.15, 0.2) is 5.96 Å². The van der Waals surface area contributed by atoms with Crippen molar-refractivity contribution in [3.8, 4) is 0 Å². The van der Waals surface area contributed by atoms with E-state index in [1.807, 2.05) is 32.9 Å². The van der Waals surface area contributed by atoms with E-state index in [9.17, 15) is 4.79 Å². The Morgan fingerprint density at radius 1 is 1.39 bits per heavy atom. The van der Waals surface area contributed by atoms with Crippen molar-refractivity contribution in [1.29, 1.82) is 0 Å². The van der Waals surface area contributed by atoms with Gasteiger partial charge in [-0.1, -0.05) is 13.0 Å². The standard InChI is InChI=1S/C20H35N5O2.HI/c1-7-16(2)24-18(21-6)23-12-9-13-25(19(26)27-20(3,4)5)15-17-10-8-11-22-14-17;/h8,10-11,14,16H,7,9,12-13,15H2,1-6H3,(H2,21,23,24);1H. The molecule has 0 radical (unpaired) electrons. The van der Waals surface area contributed by atoms with Crippen molar-refractivity contribution in [1.82, 2.24) is 20.5 Å². The summed E-state index contributed by atoms with van der Waals surface area (Å²) in [5.74, 6) is 0.778. The number of aliphatic imine (C=N–C) groups is 1. The van der Waals surface area contributed by atoms with E-state index in [1.54, 1.807) is 24.3 Å². The average molecular weight is 505 g/mol. The summed E-state index contributed by atoms with van der Waals surface area (Å²) in [6, 6.07) is 4.19. The molecule has 0 aliphatic rings. The van der Waals surface area contributed by atoms with Crippen LogP contribution >= 0.6 is 24.0 Å². The molecule has 1 amide bonds. The van der Waals surface area contributed by atoms with Crippen LogP contribution in [0.2, 0.25) is 0 Å². The molecule has 0 bridgehead atoms. The Morgan fingerprint density at radius 2 is 2.11 bits per heavy atom. The second-order valence-electron chi connectivity index (χ2n) is 7.57. The highest BCUT2D eigenvalue weighted by Crippen LogP contribution is 2.12. The van der Waals surface area contributed by atoms with Gasteiger partial charge in [-0.05, 0) is 52.2 Å². The Balaban J connectivity index is 0.00000729. The number of nitrogens with zero attached hydrogens (tertiary/aromatic N) is 3. The number of guanidine groups is 1. The Morgan fingerprint density at radius 3 is 2.64 bits per heavy atom. The first kappa shape index (κ1) is 26.4. The van der Waals surface area contributed by atoms with Crippen molar-refractivity contribution >= 4 is 36.0 Å². The third-order valence-corrected chi connectivity index (χ3v) is 3.86. The first-order valence-electron chi connectivity index (χ1n) is 9.59. The molecule has 1 rings (SSSR count). The number of pyridine rings is 1. The molecular formula is C20H36IN5O2. The Labute approximate surface area is 186 Å². The van der Waals surface area contributed by atoms with Crippen LogP contribution in [0, 0.1) is 0 Å². The minimum atomic E-state index is -0.523. The van der Waals surface area contributed by atoms with Crippen molar-refractivity contribution in [2.24, 2.45) is 4.99 Å². The molecule has 7 nitrogen and oxygen atoms in total. The number of carbonyl (C=O) groups is 1. The van der Waals surface area contributed by atoms with Gasteiger partial charge in [0.1, 0.15) is 5.60 Å². The molecule has 28 heavy (non-hydrogen) atoms. The third-order valence-electron chi connectivity index (χ3n) is 3.86. The van der Waals surface area contributed by atoms with E-state index in [4.69, 9.17) is 4.74 Å². The highest BCUT2D eigenvalue weighted by Gasteiger charge is 2.22. The maximum absolute atomic E-state index is 12.6. The van der Waals surface area contributed by atoms with Gasteiger partial charge < -0.3 is 20.3 Å². The predicted octanol–water partition coefficient (Wildman–Crippen LogP) is 3.79. The average Bonchev–Trinajstić information content (AvgIpc) is 2.62. The second kappa shape index (κ2) is 13.6. The smallest absolute Gasteiger partial charge is 0.410 e. The van der Waals surface area contributed by atoms with E-state index in [1.165, 1.54) is 0 Å². The summed E-state index contributed by atoms with van der Waals surface area (Å²) in [7, 11) is 1.76. The summed E-state index contributed by atoms with van der Waals surface area (Å²) in [6.45, 7) is 11.6. The van der Waals surface area contributed by atoms with Crippen molar-refractivity contribution in [2.45, 2.75) is 65.6 Å². The van der Waals surface area contributed by atoms with E-state index in [-0.39, 0.29) is 30.1 Å². The number of halogens is 1. The summed E-state index contributed by atoms with van der Waals surface area (Å²) in [5, 5.41) is 6.61. The molecule has 0 saturated carbocycles. The molecule has 1 aromatic heterocycles. The lowest BCUT2D eigenvalue weighted by molar-refractivity contribution is 0.0232. The molecule has 1 atom stereocenters. The Bertz CT molecular complexity index is 590. The van der Waals surface area contributed by atoms with Gasteiger partial charge in [0.05, 0.1) is 6.54 Å². The van der Waals surface area contributed by atoms with Crippen molar-refractivity contribution in [2.75, 3.05) is 20.1 Å². The third kappa shape index (κ3) is 11.3. The summed E-state index contributed by atoms with van der Waals surface area (Å²) in [6.07, 6.45) is 4.99. The molecule has 0 fully saturated rings. The molecule has 160 valence electrons. The van der Waals surface area contributed by atoms with Crippen molar-refractivity contribution in [3.05, 3.63) is 30.1 Å². The van der Waals surface area contributed by atoms with Crippen LogP contribution in [0.4, 0.5) is 4.79 Å². The molecule has 0 aliphatic heterocycles. The number of amides is 1. The van der Waals surface area contributed by atoms with Crippen LogP contribution in [0.15, 0.2) is 29.5 Å². The van der Waals surface area contributed by atoms with Crippen LogP contribution in [-0.2, 0) is 11.3 Å². The Kier molecular flexibility index (Phi) is 12.8. The second-order valence-corrected chi connectivity index (χ2v) is 7.57. The van der Waals surface area contributed by atoms with Gasteiger partial charge in [-0.15, -0.1) is 24.0 Å².